The summed E-state index contributed by atoms with van der Waals surface area (Å²) >= 11 is -0.826. The number of hydrogen-bond acceptors (Lipinski definition) is 0. The van der Waals surface area contributed by atoms with E-state index in [4.69, 9.17) is 17.0 Å². The fourth-order valence-electron chi connectivity index (χ4n) is 3.05. The summed E-state index contributed by atoms with van der Waals surface area (Å²) in [5.41, 5.74) is 8.11. The molecule has 32 heavy (non-hydrogen) atoms. The van der Waals surface area contributed by atoms with Gasteiger partial charge in [-0.3, -0.25) is 0 Å². The van der Waals surface area contributed by atoms with E-state index in [0.29, 0.717) is 0 Å². The number of hydrogen-bond donors (Lipinski definition) is 0. The van der Waals surface area contributed by atoms with Crippen LogP contribution < -0.4 is 0 Å². The Hall–Kier alpha value is -1.18. The van der Waals surface area contributed by atoms with Gasteiger partial charge in [0.2, 0.25) is 0 Å². The molecule has 0 spiro atoms. The average molecular weight is 560 g/mol. The van der Waals surface area contributed by atoms with Crippen molar-refractivity contribution in [1.82, 2.24) is 0 Å². The van der Waals surface area contributed by atoms with Gasteiger partial charge >= 0.3 is 37.9 Å². The van der Waals surface area contributed by atoms with Gasteiger partial charge in [-0.2, -0.15) is 46.5 Å². The van der Waals surface area contributed by atoms with Gasteiger partial charge in [0, 0.05) is 9.52 Å². The molecule has 0 saturated carbocycles. The Bertz CT molecular complexity index is 866. The molecule has 0 unspecified atom stereocenters. The standard InChI is InChI=1S/2C13H13.C2H7Si.2ClH.Zr/c2*1-2-11-8-9-13(10-11)12-6-4-3-5-7-12;1-3-2;;;/h2*3-10H,2H2,1H3;3H,1-2H3;2*1H;/q2*-1;;;;+4/p-2. The van der Waals surface area contributed by atoms with Gasteiger partial charge in [-0.1, -0.05) is 112 Å². The van der Waals surface area contributed by atoms with Gasteiger partial charge in [0.1, 0.15) is 0 Å². The van der Waals surface area contributed by atoms with E-state index in [1.54, 1.807) is 0 Å². The van der Waals surface area contributed by atoms with Crippen LogP contribution in [0.3, 0.4) is 0 Å². The summed E-state index contributed by atoms with van der Waals surface area (Å²) in [4.78, 5) is 0. The van der Waals surface area contributed by atoms with Crippen LogP contribution in [0, 0.1) is 0 Å². The van der Waals surface area contributed by atoms with Crippen molar-refractivity contribution < 1.29 is 20.8 Å². The van der Waals surface area contributed by atoms with Crippen LogP contribution in [0.15, 0.2) is 97.1 Å². The van der Waals surface area contributed by atoms with Gasteiger partial charge in [0.25, 0.3) is 0 Å². The van der Waals surface area contributed by atoms with Crippen molar-refractivity contribution in [2.45, 2.75) is 39.8 Å². The minimum absolute atomic E-state index is 0.750. The average Bonchev–Trinajstić information content (AvgIpc) is 3.52. The summed E-state index contributed by atoms with van der Waals surface area (Å²) in [6.07, 6.45) is 2.24. The molecule has 0 aliphatic carbocycles. The van der Waals surface area contributed by atoms with Gasteiger partial charge < -0.3 is 0 Å². The Morgan fingerprint density at radius 3 is 1.22 bits per heavy atom. The Balaban J connectivity index is 0.000000258. The Morgan fingerprint density at radius 1 is 0.656 bits per heavy atom. The van der Waals surface area contributed by atoms with E-state index in [9.17, 15) is 0 Å². The van der Waals surface area contributed by atoms with Gasteiger partial charge in [-0.25, -0.2) is 12.1 Å². The van der Waals surface area contributed by atoms with Crippen LogP contribution in [-0.2, 0) is 33.7 Å². The van der Waals surface area contributed by atoms with Crippen molar-refractivity contribution in [2.75, 3.05) is 0 Å². The van der Waals surface area contributed by atoms with Gasteiger partial charge in [0.15, 0.2) is 0 Å². The normalized spacial score (nSPS) is 9.19. The van der Waals surface area contributed by atoms with Crippen molar-refractivity contribution in [3.63, 3.8) is 0 Å². The maximum absolute atomic E-state index is 4.93. The topological polar surface area (TPSA) is 0 Å². The third kappa shape index (κ3) is 11.1. The Labute approximate surface area is 216 Å². The van der Waals surface area contributed by atoms with E-state index >= 15 is 0 Å². The quantitative estimate of drug-likeness (QED) is 0.173. The van der Waals surface area contributed by atoms with Crippen LogP contribution in [0.5, 0.6) is 0 Å². The second-order valence-electron chi connectivity index (χ2n) is 7.10. The molecule has 0 aliphatic heterocycles. The van der Waals surface area contributed by atoms with E-state index in [-0.39, 0.29) is 0 Å². The number of benzene rings is 2. The maximum atomic E-state index is 4.93. The van der Waals surface area contributed by atoms with Crippen LogP contribution in [0.1, 0.15) is 25.0 Å². The van der Waals surface area contributed by atoms with Gasteiger partial charge in [-0.05, 0) is 0 Å². The van der Waals surface area contributed by atoms with E-state index in [1.165, 1.54) is 33.4 Å². The molecule has 0 saturated heterocycles. The molecule has 0 aromatic heterocycles. The zero-order valence-corrected chi connectivity index (χ0v) is 24.6. The summed E-state index contributed by atoms with van der Waals surface area (Å²) in [5, 5.41) is 0. The van der Waals surface area contributed by atoms with Crippen LogP contribution >= 0.6 is 17.0 Å². The van der Waals surface area contributed by atoms with E-state index in [2.05, 4.69) is 112 Å². The molecule has 0 nitrogen and oxygen atoms in total. The predicted octanol–water partition coefficient (Wildman–Crippen LogP) is 9.17. The second kappa shape index (κ2) is 18.3. The molecule has 4 aromatic carbocycles. The van der Waals surface area contributed by atoms with Crippen LogP contribution in [-0.4, -0.2) is 9.52 Å². The van der Waals surface area contributed by atoms with Gasteiger partial charge in [0.05, 0.1) is 0 Å². The van der Waals surface area contributed by atoms with Crippen LogP contribution in [0.25, 0.3) is 22.3 Å². The first-order valence-electron chi connectivity index (χ1n) is 11.0. The molecule has 4 aromatic rings. The third-order valence-electron chi connectivity index (χ3n) is 4.67. The molecule has 0 amide bonds. The molecular formula is C28H33Cl2SiZr. The molecule has 4 rings (SSSR count). The van der Waals surface area contributed by atoms with Crippen molar-refractivity contribution in [1.29, 1.82) is 0 Å². The molecular weight excluding hydrogens is 527 g/mol. The van der Waals surface area contributed by atoms with Crippen LogP contribution in [0.4, 0.5) is 0 Å². The summed E-state index contributed by atoms with van der Waals surface area (Å²) in [6, 6.07) is 34.3. The molecule has 4 heteroatoms. The van der Waals surface area contributed by atoms with Crippen LogP contribution in [0.2, 0.25) is 13.1 Å². The van der Waals surface area contributed by atoms with Crippen molar-refractivity contribution >= 4 is 26.5 Å². The Kier molecular flexibility index (Phi) is 16.5. The monoisotopic (exact) mass is 557 g/mol. The zero-order chi connectivity index (χ0) is 23.6. The Morgan fingerprint density at radius 2 is 0.969 bits per heavy atom. The summed E-state index contributed by atoms with van der Waals surface area (Å²) in [7, 11) is 10.6. The molecule has 0 N–H and O–H groups in total. The second-order valence-corrected chi connectivity index (χ2v) is 12.0. The molecule has 0 atom stereocenters. The van der Waals surface area contributed by atoms with Gasteiger partial charge in [-0.15, -0.1) is 0 Å². The summed E-state index contributed by atoms with van der Waals surface area (Å²) in [6.45, 7) is 8.79. The first-order valence-corrected chi connectivity index (χ1v) is 19.6. The van der Waals surface area contributed by atoms with Crippen molar-refractivity contribution in [3.05, 3.63) is 108 Å². The number of halogens is 2. The molecule has 0 fully saturated rings. The SMILES string of the molecule is CCc1cc(-c2ccccc2)c[cH-]1.CCc1cc(-c2ccccc2)c[cH-]1.C[SiH]C.[Cl][Zr+2][Cl]. The summed E-state index contributed by atoms with van der Waals surface area (Å²) in [5.74, 6) is 0. The van der Waals surface area contributed by atoms with E-state index < -0.39 is 20.8 Å². The molecule has 0 aliphatic rings. The molecule has 0 heterocycles. The zero-order valence-electron chi connectivity index (χ0n) is 19.5. The minimum atomic E-state index is -0.826. The summed E-state index contributed by atoms with van der Waals surface area (Å²) < 4.78 is 0. The molecule has 0 bridgehead atoms. The first kappa shape index (κ1) is 28.9. The predicted molar refractivity (Wildman–Crippen MR) is 144 cm³/mol. The van der Waals surface area contributed by atoms with Crippen molar-refractivity contribution in [2.24, 2.45) is 0 Å². The fraction of sp³-hybridized carbons (Fsp3) is 0.214. The first-order chi connectivity index (χ1) is 15.6. The molecule has 1 radical (unpaired) electrons. The number of rotatable bonds is 4. The van der Waals surface area contributed by atoms with E-state index in [1.807, 2.05) is 12.1 Å². The van der Waals surface area contributed by atoms with E-state index in [0.717, 1.165) is 22.4 Å². The third-order valence-corrected chi connectivity index (χ3v) is 4.67. The molecule has 167 valence electrons. The fourth-order valence-corrected chi connectivity index (χ4v) is 3.05. The van der Waals surface area contributed by atoms with Crippen molar-refractivity contribution in [3.8, 4) is 22.3 Å². The number of aryl methyl sites for hydroxylation is 2.